The lowest BCUT2D eigenvalue weighted by Crippen LogP contribution is -2.38. The van der Waals surface area contributed by atoms with Crippen molar-refractivity contribution in [2.45, 2.75) is 19.8 Å². The van der Waals surface area contributed by atoms with Crippen LogP contribution < -0.4 is 10.2 Å². The molecular weight excluding hydrogens is 367 g/mol. The molecule has 0 atom stereocenters. The number of hydrogen-bond acceptors (Lipinski definition) is 4. The average Bonchev–Trinajstić information content (AvgIpc) is 2.75. The number of nitriles is 1. The number of carbonyl (C=O) groups excluding carboxylic acids is 1. The number of nitrogens with one attached hydrogen (secondary N) is 1. The Morgan fingerprint density at radius 3 is 2.72 bits per heavy atom. The van der Waals surface area contributed by atoms with Crippen LogP contribution >= 0.6 is 0 Å². The summed E-state index contributed by atoms with van der Waals surface area (Å²) in [5.41, 5.74) is 3.31. The maximum absolute atomic E-state index is 13.7. The van der Waals surface area contributed by atoms with E-state index in [1.54, 1.807) is 25.3 Å². The van der Waals surface area contributed by atoms with Crippen LogP contribution in [0.3, 0.4) is 0 Å². The van der Waals surface area contributed by atoms with Crippen molar-refractivity contribution < 1.29 is 9.18 Å². The van der Waals surface area contributed by atoms with Gasteiger partial charge in [-0.25, -0.2) is 4.39 Å². The molecule has 3 aromatic rings. The zero-order valence-electron chi connectivity index (χ0n) is 16.2. The van der Waals surface area contributed by atoms with Gasteiger partial charge in [-0.15, -0.1) is 0 Å². The standard InChI is InChI=1S/C23H21FN4O/c1-15-6-7-18(12-20(15)24)27-23(29)16-8-10-28(11-9-16)22-17(13-25)14-26-21-5-3-2-4-19(21)22/h2-7,12,14,16H,8-11H2,1H3,(H,27,29). The third-order valence-electron chi connectivity index (χ3n) is 5.49. The van der Waals surface area contributed by atoms with E-state index >= 15 is 0 Å². The molecule has 1 amide bonds. The highest BCUT2D eigenvalue weighted by Gasteiger charge is 2.27. The second-order valence-electron chi connectivity index (χ2n) is 7.36. The van der Waals surface area contributed by atoms with Crippen LogP contribution in [-0.2, 0) is 4.79 Å². The van der Waals surface area contributed by atoms with Crippen molar-refractivity contribution in [2.24, 2.45) is 5.92 Å². The van der Waals surface area contributed by atoms with Crippen LogP contribution in [0.15, 0.2) is 48.7 Å². The summed E-state index contributed by atoms with van der Waals surface area (Å²) in [5.74, 6) is -0.562. The molecule has 146 valence electrons. The summed E-state index contributed by atoms with van der Waals surface area (Å²) in [6, 6.07) is 14.7. The number of para-hydroxylation sites is 1. The van der Waals surface area contributed by atoms with Gasteiger partial charge in [0.1, 0.15) is 11.9 Å². The number of piperidine rings is 1. The molecule has 0 bridgehead atoms. The van der Waals surface area contributed by atoms with Crippen molar-refractivity contribution in [3.05, 3.63) is 65.6 Å². The van der Waals surface area contributed by atoms with Crippen molar-refractivity contribution in [3.63, 3.8) is 0 Å². The number of halogens is 1. The van der Waals surface area contributed by atoms with Crippen molar-refractivity contribution in [1.82, 2.24) is 4.98 Å². The quantitative estimate of drug-likeness (QED) is 0.722. The molecule has 0 radical (unpaired) electrons. The van der Waals surface area contributed by atoms with E-state index in [9.17, 15) is 14.4 Å². The molecule has 1 fully saturated rings. The fourth-order valence-electron chi connectivity index (χ4n) is 3.83. The number of nitrogens with zero attached hydrogens (tertiary/aromatic N) is 3. The summed E-state index contributed by atoms with van der Waals surface area (Å²) in [5, 5.41) is 13.3. The van der Waals surface area contributed by atoms with Gasteiger partial charge in [-0.2, -0.15) is 5.26 Å². The van der Waals surface area contributed by atoms with Gasteiger partial charge in [-0.05, 0) is 43.5 Å². The highest BCUT2D eigenvalue weighted by molar-refractivity contribution is 5.95. The SMILES string of the molecule is Cc1ccc(NC(=O)C2CCN(c3c(C#N)cnc4ccccc34)CC2)cc1F. The molecule has 0 spiro atoms. The molecule has 0 saturated carbocycles. The van der Waals surface area contributed by atoms with Crippen molar-refractivity contribution in [3.8, 4) is 6.07 Å². The van der Waals surface area contributed by atoms with E-state index in [0.717, 1.165) is 16.6 Å². The largest absolute Gasteiger partial charge is 0.370 e. The topological polar surface area (TPSA) is 69.0 Å². The minimum Gasteiger partial charge on any atom is -0.370 e. The predicted molar refractivity (Wildman–Crippen MR) is 111 cm³/mol. The lowest BCUT2D eigenvalue weighted by Gasteiger charge is -2.34. The Kier molecular flexibility index (Phi) is 5.13. The molecule has 2 heterocycles. The first-order chi connectivity index (χ1) is 14.1. The van der Waals surface area contributed by atoms with Gasteiger partial charge in [0.05, 0.1) is 16.8 Å². The predicted octanol–water partition coefficient (Wildman–Crippen LogP) is 4.41. The number of hydrogen-bond donors (Lipinski definition) is 1. The molecule has 1 N–H and O–H groups in total. The average molecular weight is 388 g/mol. The third kappa shape index (κ3) is 3.77. The van der Waals surface area contributed by atoms with Crippen molar-refractivity contribution in [2.75, 3.05) is 23.3 Å². The van der Waals surface area contributed by atoms with Gasteiger partial charge in [0.25, 0.3) is 0 Å². The molecule has 0 aliphatic carbocycles. The number of pyridine rings is 1. The second-order valence-corrected chi connectivity index (χ2v) is 7.36. The second kappa shape index (κ2) is 7.88. The molecule has 1 saturated heterocycles. The van der Waals surface area contributed by atoms with Gasteiger partial charge < -0.3 is 10.2 Å². The van der Waals surface area contributed by atoms with E-state index in [-0.39, 0.29) is 17.6 Å². The Bertz CT molecular complexity index is 1110. The Labute approximate surface area is 168 Å². The molecule has 5 nitrogen and oxygen atoms in total. The third-order valence-corrected chi connectivity index (χ3v) is 5.49. The molecular formula is C23H21FN4O. The molecule has 1 aliphatic rings. The van der Waals surface area contributed by atoms with Crippen LogP contribution in [0.1, 0.15) is 24.0 Å². The maximum Gasteiger partial charge on any atom is 0.227 e. The van der Waals surface area contributed by atoms with Gasteiger partial charge in [-0.3, -0.25) is 9.78 Å². The van der Waals surface area contributed by atoms with Gasteiger partial charge in [0.15, 0.2) is 0 Å². The van der Waals surface area contributed by atoms with Crippen LogP contribution in [-0.4, -0.2) is 24.0 Å². The summed E-state index contributed by atoms with van der Waals surface area (Å²) in [6.07, 6.45) is 2.95. The monoisotopic (exact) mass is 388 g/mol. The smallest absolute Gasteiger partial charge is 0.227 e. The van der Waals surface area contributed by atoms with Crippen LogP contribution in [0.2, 0.25) is 0 Å². The number of anilines is 2. The maximum atomic E-state index is 13.7. The first-order valence-electron chi connectivity index (χ1n) is 9.66. The summed E-state index contributed by atoms with van der Waals surface area (Å²) >= 11 is 0. The molecule has 0 unspecified atom stereocenters. The normalized spacial score (nSPS) is 14.6. The van der Waals surface area contributed by atoms with E-state index in [2.05, 4.69) is 21.3 Å². The zero-order chi connectivity index (χ0) is 20.4. The van der Waals surface area contributed by atoms with Crippen LogP contribution in [0.5, 0.6) is 0 Å². The van der Waals surface area contributed by atoms with Gasteiger partial charge >= 0.3 is 0 Å². The fraction of sp³-hybridized carbons (Fsp3) is 0.261. The Balaban J connectivity index is 1.48. The van der Waals surface area contributed by atoms with E-state index in [1.807, 2.05) is 24.3 Å². The lowest BCUT2D eigenvalue weighted by molar-refractivity contribution is -0.120. The van der Waals surface area contributed by atoms with E-state index < -0.39 is 0 Å². The highest BCUT2D eigenvalue weighted by atomic mass is 19.1. The number of aryl methyl sites for hydroxylation is 1. The van der Waals surface area contributed by atoms with E-state index in [1.165, 1.54) is 6.07 Å². The molecule has 6 heteroatoms. The van der Waals surface area contributed by atoms with Gasteiger partial charge in [-0.1, -0.05) is 24.3 Å². The molecule has 1 aromatic heterocycles. The first kappa shape index (κ1) is 18.9. The lowest BCUT2D eigenvalue weighted by atomic mass is 9.94. The van der Waals surface area contributed by atoms with Gasteiger partial charge in [0, 0.05) is 36.3 Å². The van der Waals surface area contributed by atoms with Gasteiger partial charge in [0.2, 0.25) is 5.91 Å². The molecule has 29 heavy (non-hydrogen) atoms. The summed E-state index contributed by atoms with van der Waals surface area (Å²) in [4.78, 5) is 19.2. The number of fused-ring (bicyclic) bond motifs is 1. The van der Waals surface area contributed by atoms with Crippen LogP contribution in [0.4, 0.5) is 15.8 Å². The Hall–Kier alpha value is -3.46. The number of rotatable bonds is 3. The molecule has 1 aliphatic heterocycles. The van der Waals surface area contributed by atoms with Crippen molar-refractivity contribution >= 4 is 28.2 Å². The molecule has 2 aromatic carbocycles. The minimum atomic E-state index is -0.328. The summed E-state index contributed by atoms with van der Waals surface area (Å²) < 4.78 is 13.7. The summed E-state index contributed by atoms with van der Waals surface area (Å²) in [6.45, 7) is 3.03. The highest BCUT2D eigenvalue weighted by Crippen LogP contribution is 2.32. The number of benzene rings is 2. The Morgan fingerprint density at radius 2 is 2.00 bits per heavy atom. The molecule has 4 rings (SSSR count). The van der Waals surface area contributed by atoms with E-state index in [0.29, 0.717) is 42.7 Å². The number of aromatic nitrogens is 1. The summed E-state index contributed by atoms with van der Waals surface area (Å²) in [7, 11) is 0. The van der Waals surface area contributed by atoms with Crippen molar-refractivity contribution in [1.29, 1.82) is 5.26 Å². The number of amides is 1. The minimum absolute atomic E-state index is 0.0898. The van der Waals surface area contributed by atoms with Crippen LogP contribution in [0.25, 0.3) is 10.9 Å². The zero-order valence-corrected chi connectivity index (χ0v) is 16.2. The number of carbonyl (C=O) groups is 1. The fourth-order valence-corrected chi connectivity index (χ4v) is 3.83. The first-order valence-corrected chi connectivity index (χ1v) is 9.66. The van der Waals surface area contributed by atoms with E-state index in [4.69, 9.17) is 0 Å². The Morgan fingerprint density at radius 1 is 1.24 bits per heavy atom. The van der Waals surface area contributed by atoms with Crippen LogP contribution in [0, 0.1) is 30.0 Å².